The molecule has 0 saturated heterocycles. The Bertz CT molecular complexity index is 693. The predicted molar refractivity (Wildman–Crippen MR) is 128 cm³/mol. The Morgan fingerprint density at radius 1 is 0.862 bits per heavy atom. The molecule has 3 heteroatoms. The maximum Gasteiger partial charge on any atom is 0.220 e. The van der Waals surface area contributed by atoms with Gasteiger partial charge in [0.1, 0.15) is 0 Å². The zero-order valence-corrected chi connectivity index (χ0v) is 20.0. The van der Waals surface area contributed by atoms with Crippen molar-refractivity contribution in [1.82, 2.24) is 5.32 Å². The second kappa shape index (κ2) is 10.8. The number of rotatable bonds is 10. The molecule has 0 heterocycles. The summed E-state index contributed by atoms with van der Waals surface area (Å²) in [6.45, 7) is 12.0. The van der Waals surface area contributed by atoms with Crippen molar-refractivity contribution >= 4 is 14.0 Å². The number of carbonyl (C=O) groups is 1. The molecule has 2 rings (SSSR count). The largest absolute Gasteiger partial charge is 0.353 e. The zero-order valence-electron chi connectivity index (χ0n) is 19.0. The smallest absolute Gasteiger partial charge is 0.220 e. The van der Waals surface area contributed by atoms with Gasteiger partial charge in [0.2, 0.25) is 5.91 Å². The Labute approximate surface area is 179 Å². The maximum atomic E-state index is 12.7. The first-order valence-corrected chi connectivity index (χ1v) is 14.3. The highest BCUT2D eigenvalue weighted by molar-refractivity contribution is 6.80. The third-order valence-corrected chi connectivity index (χ3v) is 12.2. The van der Waals surface area contributed by atoms with E-state index >= 15 is 0 Å². The molecule has 2 aromatic rings. The first-order valence-electron chi connectivity index (χ1n) is 11.0. The SMILES string of the molecule is CC(C)(C)[Si](C)(C)CCCCC(=O)NC(Cc1ccccc1)Cc1ccccc1. The van der Waals surface area contributed by atoms with Crippen molar-refractivity contribution < 1.29 is 4.79 Å². The summed E-state index contributed by atoms with van der Waals surface area (Å²) in [6.07, 6.45) is 4.51. The van der Waals surface area contributed by atoms with Gasteiger partial charge in [-0.25, -0.2) is 0 Å². The van der Waals surface area contributed by atoms with Gasteiger partial charge in [-0.1, -0.05) is 107 Å². The molecule has 0 bridgehead atoms. The van der Waals surface area contributed by atoms with Crippen molar-refractivity contribution in [3.05, 3.63) is 71.8 Å². The van der Waals surface area contributed by atoms with Gasteiger partial charge in [-0.15, -0.1) is 0 Å². The molecule has 0 saturated carbocycles. The summed E-state index contributed by atoms with van der Waals surface area (Å²) in [5.41, 5.74) is 2.54. The summed E-state index contributed by atoms with van der Waals surface area (Å²) < 4.78 is 0. The molecule has 0 atom stereocenters. The van der Waals surface area contributed by atoms with E-state index in [-0.39, 0.29) is 11.9 Å². The number of benzene rings is 2. The second-order valence-corrected chi connectivity index (χ2v) is 15.8. The third kappa shape index (κ3) is 8.18. The van der Waals surface area contributed by atoms with Crippen molar-refractivity contribution in [3.8, 4) is 0 Å². The van der Waals surface area contributed by atoms with E-state index in [1.165, 1.54) is 17.2 Å². The fourth-order valence-corrected chi connectivity index (χ4v) is 5.38. The molecule has 0 fully saturated rings. The molecule has 1 N–H and O–H groups in total. The van der Waals surface area contributed by atoms with Gasteiger partial charge < -0.3 is 5.32 Å². The molecule has 2 aromatic carbocycles. The van der Waals surface area contributed by atoms with Gasteiger partial charge in [-0.3, -0.25) is 4.79 Å². The van der Waals surface area contributed by atoms with Crippen LogP contribution in [0.25, 0.3) is 0 Å². The lowest BCUT2D eigenvalue weighted by Crippen LogP contribution is -2.38. The minimum atomic E-state index is -1.24. The monoisotopic (exact) mass is 409 g/mol. The van der Waals surface area contributed by atoms with Crippen LogP contribution in [0.15, 0.2) is 60.7 Å². The number of amides is 1. The number of hydrogen-bond acceptors (Lipinski definition) is 1. The highest BCUT2D eigenvalue weighted by Crippen LogP contribution is 2.39. The lowest BCUT2D eigenvalue weighted by atomic mass is 9.98. The van der Waals surface area contributed by atoms with Crippen LogP contribution in [0.1, 0.15) is 51.2 Å². The molecule has 0 radical (unpaired) electrons. The topological polar surface area (TPSA) is 29.1 Å². The van der Waals surface area contributed by atoms with Crippen molar-refractivity contribution in [2.75, 3.05) is 0 Å². The molecule has 29 heavy (non-hydrogen) atoms. The molecule has 158 valence electrons. The number of carbonyl (C=O) groups excluding carboxylic acids is 1. The summed E-state index contributed by atoms with van der Waals surface area (Å²) in [4.78, 5) is 12.7. The molecule has 0 spiro atoms. The maximum absolute atomic E-state index is 12.7. The lowest BCUT2D eigenvalue weighted by molar-refractivity contribution is -0.121. The van der Waals surface area contributed by atoms with Crippen LogP contribution in [0.3, 0.4) is 0 Å². The average Bonchev–Trinajstić information content (AvgIpc) is 2.66. The Morgan fingerprint density at radius 2 is 1.34 bits per heavy atom. The van der Waals surface area contributed by atoms with Crippen LogP contribution < -0.4 is 5.32 Å². The number of hydrogen-bond donors (Lipinski definition) is 1. The van der Waals surface area contributed by atoms with E-state index in [1.807, 2.05) is 12.1 Å². The highest BCUT2D eigenvalue weighted by atomic mass is 28.3. The van der Waals surface area contributed by atoms with Crippen LogP contribution in [-0.4, -0.2) is 20.0 Å². The minimum absolute atomic E-state index is 0.132. The molecule has 0 unspecified atom stereocenters. The van der Waals surface area contributed by atoms with Crippen molar-refractivity contribution in [1.29, 1.82) is 0 Å². The summed E-state index contributed by atoms with van der Waals surface area (Å²) >= 11 is 0. The zero-order chi connectivity index (χ0) is 21.3. The average molecular weight is 410 g/mol. The van der Waals surface area contributed by atoms with Crippen molar-refractivity contribution in [2.45, 2.75) is 83.1 Å². The number of unbranched alkanes of at least 4 members (excludes halogenated alkanes) is 1. The van der Waals surface area contributed by atoms with Gasteiger partial charge in [-0.2, -0.15) is 0 Å². The standard InChI is InChI=1S/C26H39NOSi/c1-26(2,3)29(4,5)19-13-12-18-25(28)27-24(20-22-14-8-6-9-15-22)21-23-16-10-7-11-17-23/h6-11,14-17,24H,12-13,18-21H2,1-5H3,(H,27,28). The van der Waals surface area contributed by atoms with E-state index < -0.39 is 8.07 Å². The van der Waals surface area contributed by atoms with Gasteiger partial charge in [0.05, 0.1) is 8.07 Å². The minimum Gasteiger partial charge on any atom is -0.353 e. The molecular weight excluding hydrogens is 370 g/mol. The Hall–Kier alpha value is -1.87. The molecule has 0 aliphatic rings. The van der Waals surface area contributed by atoms with Gasteiger partial charge in [0, 0.05) is 12.5 Å². The van der Waals surface area contributed by atoms with E-state index in [0.717, 1.165) is 25.7 Å². The van der Waals surface area contributed by atoms with Crippen LogP contribution in [-0.2, 0) is 17.6 Å². The lowest BCUT2D eigenvalue weighted by Gasteiger charge is -2.37. The van der Waals surface area contributed by atoms with Crippen LogP contribution in [0, 0.1) is 0 Å². The first kappa shape index (κ1) is 23.4. The summed E-state index contributed by atoms with van der Waals surface area (Å²) in [6, 6.07) is 22.3. The molecule has 0 aliphatic carbocycles. The molecule has 2 nitrogen and oxygen atoms in total. The Kier molecular flexibility index (Phi) is 8.70. The van der Waals surface area contributed by atoms with Crippen LogP contribution in [0.5, 0.6) is 0 Å². The summed E-state index contributed by atoms with van der Waals surface area (Å²) in [5.74, 6) is 0.192. The first-order chi connectivity index (χ1) is 13.7. The van der Waals surface area contributed by atoms with E-state index in [2.05, 4.69) is 87.7 Å². The second-order valence-electron chi connectivity index (χ2n) is 9.98. The fraction of sp³-hybridized carbons (Fsp3) is 0.500. The summed E-state index contributed by atoms with van der Waals surface area (Å²) in [5, 5.41) is 3.74. The normalized spacial score (nSPS) is 12.2. The van der Waals surface area contributed by atoms with Gasteiger partial charge in [0.15, 0.2) is 0 Å². The van der Waals surface area contributed by atoms with E-state index in [1.54, 1.807) is 0 Å². The summed E-state index contributed by atoms with van der Waals surface area (Å²) in [7, 11) is -1.24. The Balaban J connectivity index is 1.87. The van der Waals surface area contributed by atoms with Crippen LogP contribution in [0.2, 0.25) is 24.2 Å². The van der Waals surface area contributed by atoms with Crippen molar-refractivity contribution in [3.63, 3.8) is 0 Å². The van der Waals surface area contributed by atoms with E-state index in [4.69, 9.17) is 0 Å². The third-order valence-electron chi connectivity index (χ3n) is 6.50. The van der Waals surface area contributed by atoms with Crippen LogP contribution in [0.4, 0.5) is 0 Å². The van der Waals surface area contributed by atoms with E-state index in [9.17, 15) is 4.79 Å². The molecule has 0 aliphatic heterocycles. The molecule has 1 amide bonds. The van der Waals surface area contributed by atoms with Crippen LogP contribution >= 0.6 is 0 Å². The molecular formula is C26H39NOSi. The number of nitrogens with one attached hydrogen (secondary N) is 1. The van der Waals surface area contributed by atoms with Gasteiger partial charge in [0.25, 0.3) is 0 Å². The predicted octanol–water partition coefficient (Wildman–Crippen LogP) is 6.64. The molecule has 0 aromatic heterocycles. The Morgan fingerprint density at radius 3 is 1.79 bits per heavy atom. The highest BCUT2D eigenvalue weighted by Gasteiger charge is 2.34. The van der Waals surface area contributed by atoms with Gasteiger partial charge >= 0.3 is 0 Å². The van der Waals surface area contributed by atoms with Crippen molar-refractivity contribution in [2.24, 2.45) is 0 Å². The van der Waals surface area contributed by atoms with Gasteiger partial charge in [-0.05, 0) is 35.4 Å². The van der Waals surface area contributed by atoms with E-state index in [0.29, 0.717) is 11.5 Å². The fourth-order valence-electron chi connectivity index (χ4n) is 3.50. The quantitative estimate of drug-likeness (QED) is 0.346.